The molecule has 1 heterocycles. The van der Waals surface area contributed by atoms with Crippen LogP contribution in [-0.4, -0.2) is 36.3 Å². The highest BCUT2D eigenvalue weighted by molar-refractivity contribution is 8.00. The SMILES string of the molecule is CC1(C)CCN(S(=O)(=O)c2cccc(CCl)c2)CCS1. The van der Waals surface area contributed by atoms with Gasteiger partial charge in [-0.15, -0.1) is 11.6 Å². The molecule has 1 fully saturated rings. The lowest BCUT2D eigenvalue weighted by Crippen LogP contribution is -2.33. The first kappa shape index (κ1) is 16.1. The predicted octanol–water partition coefficient (Wildman–Crippen LogP) is 3.33. The molecule has 1 aromatic carbocycles. The summed E-state index contributed by atoms with van der Waals surface area (Å²) in [5.41, 5.74) is 0.831. The second kappa shape index (κ2) is 6.26. The molecule has 1 aliphatic rings. The van der Waals surface area contributed by atoms with E-state index in [0.717, 1.165) is 17.7 Å². The molecule has 6 heteroatoms. The molecule has 1 aromatic rings. The molecule has 112 valence electrons. The van der Waals surface area contributed by atoms with Gasteiger partial charge in [0, 0.05) is 29.5 Å². The van der Waals surface area contributed by atoms with Gasteiger partial charge in [0.2, 0.25) is 10.0 Å². The normalized spacial score (nSPS) is 20.6. The first-order valence-electron chi connectivity index (χ1n) is 6.64. The molecule has 0 spiro atoms. The summed E-state index contributed by atoms with van der Waals surface area (Å²) in [5, 5.41) is 0. The molecule has 0 N–H and O–H groups in total. The second-order valence-electron chi connectivity index (χ2n) is 5.54. The maximum absolute atomic E-state index is 12.7. The van der Waals surface area contributed by atoms with E-state index in [9.17, 15) is 8.42 Å². The fourth-order valence-electron chi connectivity index (χ4n) is 2.18. The molecule has 20 heavy (non-hydrogen) atoms. The summed E-state index contributed by atoms with van der Waals surface area (Å²) in [7, 11) is -3.41. The summed E-state index contributed by atoms with van der Waals surface area (Å²) in [5.74, 6) is 1.16. The molecule has 0 unspecified atom stereocenters. The van der Waals surface area contributed by atoms with Gasteiger partial charge in [-0.2, -0.15) is 16.1 Å². The van der Waals surface area contributed by atoms with Gasteiger partial charge in [0.25, 0.3) is 0 Å². The first-order chi connectivity index (χ1) is 9.35. The van der Waals surface area contributed by atoms with Crippen LogP contribution in [-0.2, 0) is 15.9 Å². The number of hydrogen-bond acceptors (Lipinski definition) is 3. The van der Waals surface area contributed by atoms with Gasteiger partial charge in [-0.05, 0) is 24.1 Å². The quantitative estimate of drug-likeness (QED) is 0.796. The summed E-state index contributed by atoms with van der Waals surface area (Å²) in [6.07, 6.45) is 0.867. The van der Waals surface area contributed by atoms with Crippen LogP contribution in [0.4, 0.5) is 0 Å². The standard InChI is InChI=1S/C14H20ClNO2S2/c1-14(2)6-7-16(8-9-19-14)20(17,18)13-5-3-4-12(10-13)11-15/h3-5,10H,6-9,11H2,1-2H3. The molecule has 0 bridgehead atoms. The van der Waals surface area contributed by atoms with Gasteiger partial charge in [0.05, 0.1) is 4.90 Å². The van der Waals surface area contributed by atoms with Crippen molar-refractivity contribution in [3.05, 3.63) is 29.8 Å². The third-order valence-corrected chi connectivity index (χ3v) is 7.06. The summed E-state index contributed by atoms with van der Waals surface area (Å²) >= 11 is 7.62. The lowest BCUT2D eigenvalue weighted by atomic mass is 10.1. The summed E-state index contributed by atoms with van der Waals surface area (Å²) < 4.78 is 27.1. The largest absolute Gasteiger partial charge is 0.243 e. The highest BCUT2D eigenvalue weighted by atomic mass is 35.5. The Morgan fingerprint density at radius 1 is 1.35 bits per heavy atom. The molecule has 0 aliphatic carbocycles. The van der Waals surface area contributed by atoms with E-state index in [1.807, 2.05) is 17.8 Å². The fourth-order valence-corrected chi connectivity index (χ4v) is 5.07. The molecule has 0 amide bonds. The number of alkyl halides is 1. The van der Waals surface area contributed by atoms with Crippen molar-refractivity contribution in [3.8, 4) is 0 Å². The minimum absolute atomic E-state index is 0.141. The number of nitrogens with zero attached hydrogens (tertiary/aromatic N) is 1. The van der Waals surface area contributed by atoms with E-state index in [1.54, 1.807) is 22.5 Å². The number of benzene rings is 1. The Morgan fingerprint density at radius 2 is 2.10 bits per heavy atom. The molecule has 0 aromatic heterocycles. The minimum Gasteiger partial charge on any atom is -0.207 e. The average molecular weight is 334 g/mol. The van der Waals surface area contributed by atoms with Crippen LogP contribution in [0.25, 0.3) is 0 Å². The zero-order chi connectivity index (χ0) is 14.8. The Hall–Kier alpha value is -0.230. The van der Waals surface area contributed by atoms with Crippen molar-refractivity contribution in [1.29, 1.82) is 0 Å². The monoisotopic (exact) mass is 333 g/mol. The number of thioether (sulfide) groups is 1. The molecule has 3 nitrogen and oxygen atoms in total. The predicted molar refractivity (Wildman–Crippen MR) is 85.9 cm³/mol. The van der Waals surface area contributed by atoms with Gasteiger partial charge < -0.3 is 0 Å². The van der Waals surface area contributed by atoms with Gasteiger partial charge >= 0.3 is 0 Å². The molecule has 1 saturated heterocycles. The Kier molecular flexibility index (Phi) is 5.05. The Labute approximate surface area is 130 Å². The van der Waals surface area contributed by atoms with Gasteiger partial charge in [-0.3, -0.25) is 0 Å². The molecular weight excluding hydrogens is 314 g/mol. The third kappa shape index (κ3) is 3.70. The van der Waals surface area contributed by atoms with Crippen LogP contribution < -0.4 is 0 Å². The smallest absolute Gasteiger partial charge is 0.207 e. The van der Waals surface area contributed by atoms with E-state index in [0.29, 0.717) is 23.9 Å². The number of rotatable bonds is 3. The maximum Gasteiger partial charge on any atom is 0.243 e. The van der Waals surface area contributed by atoms with E-state index in [4.69, 9.17) is 11.6 Å². The molecule has 0 radical (unpaired) electrons. The Bertz CT molecular complexity index is 572. The van der Waals surface area contributed by atoms with Gasteiger partial charge in [-0.25, -0.2) is 8.42 Å². The fraction of sp³-hybridized carbons (Fsp3) is 0.571. The highest BCUT2D eigenvalue weighted by Gasteiger charge is 2.30. The summed E-state index contributed by atoms with van der Waals surface area (Å²) in [6.45, 7) is 5.48. The van der Waals surface area contributed by atoms with Gasteiger partial charge in [-0.1, -0.05) is 26.0 Å². The maximum atomic E-state index is 12.7. The molecule has 1 aliphatic heterocycles. The van der Waals surface area contributed by atoms with Crippen molar-refractivity contribution in [1.82, 2.24) is 4.31 Å². The Balaban J connectivity index is 2.25. The van der Waals surface area contributed by atoms with Crippen molar-refractivity contribution in [2.45, 2.75) is 35.8 Å². The van der Waals surface area contributed by atoms with E-state index < -0.39 is 10.0 Å². The zero-order valence-corrected chi connectivity index (χ0v) is 14.2. The van der Waals surface area contributed by atoms with Crippen molar-refractivity contribution < 1.29 is 8.42 Å². The molecular formula is C14H20ClNO2S2. The van der Waals surface area contributed by atoms with Crippen LogP contribution in [0.15, 0.2) is 29.2 Å². The number of sulfonamides is 1. The highest BCUT2D eigenvalue weighted by Crippen LogP contribution is 2.32. The van der Waals surface area contributed by atoms with Crippen molar-refractivity contribution in [2.24, 2.45) is 0 Å². The molecule has 0 atom stereocenters. The van der Waals surface area contributed by atoms with Crippen LogP contribution in [0.2, 0.25) is 0 Å². The summed E-state index contributed by atoms with van der Waals surface area (Å²) in [6, 6.07) is 6.91. The van der Waals surface area contributed by atoms with Crippen LogP contribution in [0.5, 0.6) is 0 Å². The lowest BCUT2D eigenvalue weighted by Gasteiger charge is -2.22. The number of halogens is 1. The lowest BCUT2D eigenvalue weighted by molar-refractivity contribution is 0.415. The van der Waals surface area contributed by atoms with E-state index in [2.05, 4.69) is 13.8 Å². The number of hydrogen-bond donors (Lipinski definition) is 0. The Morgan fingerprint density at radius 3 is 2.80 bits per heavy atom. The molecule has 2 rings (SSSR count). The zero-order valence-electron chi connectivity index (χ0n) is 11.8. The van der Waals surface area contributed by atoms with Crippen LogP contribution in [0, 0.1) is 0 Å². The van der Waals surface area contributed by atoms with Gasteiger partial charge in [0.15, 0.2) is 0 Å². The van der Waals surface area contributed by atoms with E-state index in [1.165, 1.54) is 0 Å². The van der Waals surface area contributed by atoms with E-state index in [-0.39, 0.29) is 4.75 Å². The van der Waals surface area contributed by atoms with Gasteiger partial charge in [0.1, 0.15) is 0 Å². The van der Waals surface area contributed by atoms with Crippen LogP contribution in [0.3, 0.4) is 0 Å². The first-order valence-corrected chi connectivity index (χ1v) is 9.60. The van der Waals surface area contributed by atoms with Crippen molar-refractivity contribution in [3.63, 3.8) is 0 Å². The summed E-state index contributed by atoms with van der Waals surface area (Å²) in [4.78, 5) is 0.348. The van der Waals surface area contributed by atoms with Crippen molar-refractivity contribution >= 4 is 33.4 Å². The molecule has 0 saturated carbocycles. The third-order valence-electron chi connectivity index (χ3n) is 3.49. The topological polar surface area (TPSA) is 37.4 Å². The second-order valence-corrected chi connectivity index (χ2v) is 9.55. The average Bonchev–Trinajstić information content (AvgIpc) is 2.60. The van der Waals surface area contributed by atoms with E-state index >= 15 is 0 Å². The van der Waals surface area contributed by atoms with Crippen molar-refractivity contribution in [2.75, 3.05) is 18.8 Å². The van der Waals surface area contributed by atoms with Crippen LogP contribution in [0.1, 0.15) is 25.8 Å². The van der Waals surface area contributed by atoms with Crippen LogP contribution >= 0.6 is 23.4 Å². The minimum atomic E-state index is -3.41.